The van der Waals surface area contributed by atoms with Crippen LogP contribution in [0.2, 0.25) is 0 Å². The highest BCUT2D eigenvalue weighted by atomic mass is 16.5. The van der Waals surface area contributed by atoms with Crippen LogP contribution in [0.3, 0.4) is 0 Å². The molecule has 2 amide bonds. The summed E-state index contributed by atoms with van der Waals surface area (Å²) in [4.78, 5) is 23.7. The number of hydrazone groups is 1. The number of ether oxygens (including phenoxy) is 1. The number of nitrogens with one attached hydrogen (secondary N) is 2. The molecular weight excluding hydrogens is 318 g/mol. The normalized spacial score (nSPS) is 10.5. The van der Waals surface area contributed by atoms with Gasteiger partial charge in [0.25, 0.3) is 0 Å². The topological polar surface area (TPSA) is 79.8 Å². The van der Waals surface area contributed by atoms with Gasteiger partial charge in [0.2, 0.25) is 0 Å². The average molecular weight is 339 g/mol. The Bertz CT molecular complexity index is 783. The molecule has 25 heavy (non-hydrogen) atoms. The highest BCUT2D eigenvalue weighted by molar-refractivity contribution is 6.39. The summed E-state index contributed by atoms with van der Waals surface area (Å²) in [6.45, 7) is 6.33. The molecule has 0 saturated carbocycles. The monoisotopic (exact) mass is 339 g/mol. The standard InChI is InChI=1S/C19H21N3O3/c1-4-25-16-8-6-15(7-9-16)12-20-22-19(24)18(23)21-17-10-5-13(2)11-14(17)3/h5-12H,4H2,1-3H3,(H,21,23)(H,22,24)/b20-12-. The van der Waals surface area contributed by atoms with Crippen LogP contribution in [0.5, 0.6) is 5.75 Å². The number of anilines is 1. The Hall–Kier alpha value is -3.15. The summed E-state index contributed by atoms with van der Waals surface area (Å²) < 4.78 is 5.34. The molecule has 0 aliphatic rings. The van der Waals surface area contributed by atoms with Gasteiger partial charge in [0.1, 0.15) is 5.75 Å². The average Bonchev–Trinajstić information content (AvgIpc) is 2.59. The molecule has 0 fully saturated rings. The van der Waals surface area contributed by atoms with Crippen molar-refractivity contribution in [3.05, 3.63) is 59.2 Å². The van der Waals surface area contributed by atoms with Crippen molar-refractivity contribution >= 4 is 23.7 Å². The molecule has 0 heterocycles. The molecular formula is C19H21N3O3. The Balaban J connectivity index is 1.89. The summed E-state index contributed by atoms with van der Waals surface area (Å²) in [5.74, 6) is -0.838. The van der Waals surface area contributed by atoms with Crippen LogP contribution in [0, 0.1) is 13.8 Å². The van der Waals surface area contributed by atoms with Gasteiger partial charge in [0.15, 0.2) is 0 Å². The zero-order valence-electron chi connectivity index (χ0n) is 14.5. The summed E-state index contributed by atoms with van der Waals surface area (Å²) in [6, 6.07) is 12.8. The fourth-order valence-corrected chi connectivity index (χ4v) is 2.17. The fraction of sp³-hybridized carbons (Fsp3) is 0.211. The molecule has 2 aromatic rings. The van der Waals surface area contributed by atoms with Crippen LogP contribution in [0.15, 0.2) is 47.6 Å². The van der Waals surface area contributed by atoms with Crippen LogP contribution in [-0.4, -0.2) is 24.6 Å². The molecule has 0 atom stereocenters. The van der Waals surface area contributed by atoms with E-state index in [0.29, 0.717) is 12.3 Å². The molecule has 6 heteroatoms. The maximum Gasteiger partial charge on any atom is 0.329 e. The van der Waals surface area contributed by atoms with Gasteiger partial charge >= 0.3 is 11.8 Å². The zero-order valence-corrected chi connectivity index (χ0v) is 14.5. The van der Waals surface area contributed by atoms with Crippen LogP contribution in [0.1, 0.15) is 23.6 Å². The Kier molecular flexibility index (Phi) is 6.28. The number of amides is 2. The van der Waals surface area contributed by atoms with Crippen molar-refractivity contribution in [1.82, 2.24) is 5.43 Å². The minimum Gasteiger partial charge on any atom is -0.494 e. The lowest BCUT2D eigenvalue weighted by molar-refractivity contribution is -0.136. The minimum atomic E-state index is -0.831. The first-order chi connectivity index (χ1) is 12.0. The number of hydrogen-bond donors (Lipinski definition) is 2. The molecule has 0 aliphatic carbocycles. The van der Waals surface area contributed by atoms with Crippen molar-refractivity contribution in [2.24, 2.45) is 5.10 Å². The third kappa shape index (κ3) is 5.46. The third-order valence-electron chi connectivity index (χ3n) is 3.41. The van der Waals surface area contributed by atoms with E-state index in [-0.39, 0.29) is 0 Å². The Morgan fingerprint density at radius 2 is 1.80 bits per heavy atom. The number of hydrogen-bond acceptors (Lipinski definition) is 4. The van der Waals surface area contributed by atoms with Crippen LogP contribution in [0.25, 0.3) is 0 Å². The molecule has 2 rings (SSSR count). The van der Waals surface area contributed by atoms with Crippen LogP contribution in [0.4, 0.5) is 5.69 Å². The maximum atomic E-state index is 11.9. The lowest BCUT2D eigenvalue weighted by atomic mass is 10.1. The Morgan fingerprint density at radius 3 is 2.44 bits per heavy atom. The number of aryl methyl sites for hydroxylation is 2. The molecule has 2 N–H and O–H groups in total. The van der Waals surface area contributed by atoms with E-state index in [2.05, 4.69) is 15.8 Å². The van der Waals surface area contributed by atoms with E-state index in [4.69, 9.17) is 4.74 Å². The first-order valence-corrected chi connectivity index (χ1v) is 7.94. The molecule has 0 radical (unpaired) electrons. The summed E-state index contributed by atoms with van der Waals surface area (Å²) >= 11 is 0. The number of carbonyl (C=O) groups is 2. The lowest BCUT2D eigenvalue weighted by Gasteiger charge is -2.08. The van der Waals surface area contributed by atoms with Crippen molar-refractivity contribution in [2.45, 2.75) is 20.8 Å². The second-order valence-corrected chi connectivity index (χ2v) is 5.47. The summed E-state index contributed by atoms with van der Waals surface area (Å²) in [7, 11) is 0. The molecule has 0 unspecified atom stereocenters. The highest BCUT2D eigenvalue weighted by Gasteiger charge is 2.13. The number of benzene rings is 2. The van der Waals surface area contributed by atoms with Gasteiger partial charge in [-0.3, -0.25) is 9.59 Å². The Morgan fingerprint density at radius 1 is 1.08 bits per heavy atom. The number of rotatable bonds is 5. The summed E-state index contributed by atoms with van der Waals surface area (Å²) in [5.41, 5.74) is 5.56. The maximum absolute atomic E-state index is 11.9. The van der Waals surface area contributed by atoms with Crippen molar-refractivity contribution in [3.8, 4) is 5.75 Å². The van der Waals surface area contributed by atoms with E-state index in [1.807, 2.05) is 32.9 Å². The molecule has 6 nitrogen and oxygen atoms in total. The SMILES string of the molecule is CCOc1ccc(/C=N\NC(=O)C(=O)Nc2ccc(C)cc2C)cc1. The predicted molar refractivity (Wildman–Crippen MR) is 97.9 cm³/mol. The van der Waals surface area contributed by atoms with E-state index in [9.17, 15) is 9.59 Å². The number of nitrogens with zero attached hydrogens (tertiary/aromatic N) is 1. The van der Waals surface area contributed by atoms with Gasteiger partial charge in [-0.1, -0.05) is 17.7 Å². The molecule has 0 aliphatic heterocycles. The van der Waals surface area contributed by atoms with Gasteiger partial charge in [-0.2, -0.15) is 5.10 Å². The molecule has 0 saturated heterocycles. The van der Waals surface area contributed by atoms with Crippen LogP contribution < -0.4 is 15.5 Å². The van der Waals surface area contributed by atoms with Crippen molar-refractivity contribution in [3.63, 3.8) is 0 Å². The molecule has 130 valence electrons. The molecule has 0 bridgehead atoms. The predicted octanol–water partition coefficient (Wildman–Crippen LogP) is 2.79. The number of carbonyl (C=O) groups excluding carboxylic acids is 2. The second-order valence-electron chi connectivity index (χ2n) is 5.47. The quantitative estimate of drug-likeness (QED) is 0.499. The largest absolute Gasteiger partial charge is 0.494 e. The first-order valence-electron chi connectivity index (χ1n) is 7.94. The second kappa shape index (κ2) is 8.63. The molecule has 2 aromatic carbocycles. The first kappa shape index (κ1) is 18.2. The van der Waals surface area contributed by atoms with E-state index >= 15 is 0 Å². The van der Waals surface area contributed by atoms with E-state index in [1.54, 1.807) is 30.3 Å². The Labute approximate surface area is 146 Å². The van der Waals surface area contributed by atoms with Gasteiger partial charge in [0.05, 0.1) is 12.8 Å². The van der Waals surface area contributed by atoms with E-state index in [0.717, 1.165) is 22.4 Å². The van der Waals surface area contributed by atoms with E-state index < -0.39 is 11.8 Å². The van der Waals surface area contributed by atoms with Crippen molar-refractivity contribution in [1.29, 1.82) is 0 Å². The van der Waals surface area contributed by atoms with Gasteiger partial charge in [0, 0.05) is 5.69 Å². The van der Waals surface area contributed by atoms with Crippen LogP contribution >= 0.6 is 0 Å². The lowest BCUT2D eigenvalue weighted by Crippen LogP contribution is -2.32. The smallest absolute Gasteiger partial charge is 0.329 e. The van der Waals surface area contributed by atoms with E-state index in [1.165, 1.54) is 6.21 Å². The van der Waals surface area contributed by atoms with Gasteiger partial charge < -0.3 is 10.1 Å². The fourth-order valence-electron chi connectivity index (χ4n) is 2.17. The molecule has 0 spiro atoms. The molecule has 0 aromatic heterocycles. The summed E-state index contributed by atoms with van der Waals surface area (Å²) in [6.07, 6.45) is 1.46. The van der Waals surface area contributed by atoms with Crippen LogP contribution in [-0.2, 0) is 9.59 Å². The third-order valence-corrected chi connectivity index (χ3v) is 3.41. The van der Waals surface area contributed by atoms with Gasteiger partial charge in [-0.25, -0.2) is 5.43 Å². The summed E-state index contributed by atoms with van der Waals surface area (Å²) in [5, 5.41) is 6.36. The minimum absolute atomic E-state index is 0.596. The van der Waals surface area contributed by atoms with Crippen molar-refractivity contribution < 1.29 is 14.3 Å². The zero-order chi connectivity index (χ0) is 18.2. The van der Waals surface area contributed by atoms with Gasteiger partial charge in [-0.05, 0) is 62.2 Å². The highest BCUT2D eigenvalue weighted by Crippen LogP contribution is 2.15. The van der Waals surface area contributed by atoms with Gasteiger partial charge in [-0.15, -0.1) is 0 Å². The van der Waals surface area contributed by atoms with Crippen molar-refractivity contribution in [2.75, 3.05) is 11.9 Å².